The van der Waals surface area contributed by atoms with Crippen molar-refractivity contribution in [1.82, 2.24) is 9.97 Å². The SMILES string of the molecule is Cc1cc(C(=O)O)nc(/C(C(N)=O)=C2/Nc3ccccc3S2)n1. The van der Waals surface area contributed by atoms with Gasteiger partial charge in [0.05, 0.1) is 10.7 Å². The zero-order chi connectivity index (χ0) is 16.6. The molecule has 1 aliphatic heterocycles. The number of nitrogens with one attached hydrogen (secondary N) is 1. The lowest BCUT2D eigenvalue weighted by Gasteiger charge is -2.08. The van der Waals surface area contributed by atoms with Gasteiger partial charge in [-0.2, -0.15) is 0 Å². The molecule has 1 aromatic carbocycles. The third kappa shape index (κ3) is 2.88. The van der Waals surface area contributed by atoms with Gasteiger partial charge in [-0.3, -0.25) is 4.79 Å². The lowest BCUT2D eigenvalue weighted by Crippen LogP contribution is -2.19. The average molecular weight is 328 g/mol. The number of anilines is 1. The van der Waals surface area contributed by atoms with E-state index in [0.717, 1.165) is 10.6 Å². The number of hydrogen-bond acceptors (Lipinski definition) is 6. The van der Waals surface area contributed by atoms with Gasteiger partial charge in [-0.25, -0.2) is 14.8 Å². The number of fused-ring (bicyclic) bond motifs is 1. The fourth-order valence-electron chi connectivity index (χ4n) is 2.14. The van der Waals surface area contributed by atoms with E-state index in [1.165, 1.54) is 17.8 Å². The van der Waals surface area contributed by atoms with Crippen LogP contribution in [0.25, 0.3) is 5.57 Å². The molecule has 0 saturated carbocycles. The number of benzene rings is 1. The van der Waals surface area contributed by atoms with Crippen LogP contribution in [0.4, 0.5) is 5.69 Å². The highest BCUT2D eigenvalue weighted by atomic mass is 32.2. The van der Waals surface area contributed by atoms with Gasteiger partial charge < -0.3 is 16.2 Å². The van der Waals surface area contributed by atoms with Crippen LogP contribution in [0.3, 0.4) is 0 Å². The van der Waals surface area contributed by atoms with E-state index in [-0.39, 0.29) is 17.1 Å². The van der Waals surface area contributed by atoms with Crippen LogP contribution in [0.5, 0.6) is 0 Å². The van der Waals surface area contributed by atoms with Crippen molar-refractivity contribution in [1.29, 1.82) is 0 Å². The van der Waals surface area contributed by atoms with Crippen LogP contribution < -0.4 is 11.1 Å². The summed E-state index contributed by atoms with van der Waals surface area (Å²) in [6.45, 7) is 1.63. The Morgan fingerprint density at radius 3 is 2.65 bits per heavy atom. The molecule has 1 aromatic heterocycles. The maximum atomic E-state index is 11.9. The van der Waals surface area contributed by atoms with E-state index in [1.807, 2.05) is 24.3 Å². The van der Waals surface area contributed by atoms with E-state index in [2.05, 4.69) is 15.3 Å². The van der Waals surface area contributed by atoms with Gasteiger partial charge in [0.15, 0.2) is 11.5 Å². The number of carbonyl (C=O) groups excluding carboxylic acids is 1. The van der Waals surface area contributed by atoms with Gasteiger partial charge >= 0.3 is 5.97 Å². The van der Waals surface area contributed by atoms with E-state index in [0.29, 0.717) is 10.7 Å². The second-order valence-corrected chi connectivity index (χ2v) is 5.87. The predicted octanol–water partition coefficient (Wildman–Crippen LogP) is 1.85. The summed E-state index contributed by atoms with van der Waals surface area (Å²) in [5.41, 5.74) is 6.64. The fourth-order valence-corrected chi connectivity index (χ4v) is 3.19. The number of carbonyl (C=O) groups is 2. The second kappa shape index (κ2) is 5.73. The Balaban J connectivity index is 2.13. The van der Waals surface area contributed by atoms with Crippen molar-refractivity contribution >= 4 is 34.9 Å². The number of aromatic carboxylic acids is 1. The molecule has 0 aliphatic carbocycles. The molecule has 0 radical (unpaired) electrons. The summed E-state index contributed by atoms with van der Waals surface area (Å²) in [5.74, 6) is -1.92. The molecule has 8 heteroatoms. The quantitative estimate of drug-likeness (QED) is 0.736. The Morgan fingerprint density at radius 1 is 1.26 bits per heavy atom. The smallest absolute Gasteiger partial charge is 0.354 e. The van der Waals surface area contributed by atoms with Gasteiger partial charge in [-0.05, 0) is 25.1 Å². The number of rotatable bonds is 3. The zero-order valence-electron chi connectivity index (χ0n) is 12.0. The van der Waals surface area contributed by atoms with Crippen LogP contribution in [0.15, 0.2) is 40.3 Å². The largest absolute Gasteiger partial charge is 0.477 e. The number of aromatic nitrogens is 2. The molecule has 0 fully saturated rings. The Hall–Kier alpha value is -2.87. The molecule has 1 aliphatic rings. The molecule has 0 spiro atoms. The molecular formula is C15H12N4O3S. The molecule has 4 N–H and O–H groups in total. The van der Waals surface area contributed by atoms with Crippen LogP contribution in [-0.2, 0) is 4.79 Å². The van der Waals surface area contributed by atoms with Gasteiger partial charge in [0.25, 0.3) is 5.91 Å². The average Bonchev–Trinajstić information content (AvgIpc) is 2.89. The minimum atomic E-state index is -1.19. The van der Waals surface area contributed by atoms with Crippen LogP contribution in [0, 0.1) is 6.92 Å². The topological polar surface area (TPSA) is 118 Å². The fraction of sp³-hybridized carbons (Fsp3) is 0.0667. The highest BCUT2D eigenvalue weighted by Crippen LogP contribution is 2.43. The summed E-state index contributed by atoms with van der Waals surface area (Å²) in [6, 6.07) is 8.85. The Labute approximate surface area is 135 Å². The van der Waals surface area contributed by atoms with Crippen LogP contribution in [0.2, 0.25) is 0 Å². The Kier molecular flexibility index (Phi) is 3.75. The van der Waals surface area contributed by atoms with E-state index in [1.54, 1.807) is 6.92 Å². The number of hydrogen-bond donors (Lipinski definition) is 3. The molecule has 1 amide bonds. The minimum absolute atomic E-state index is 0.00212. The summed E-state index contributed by atoms with van der Waals surface area (Å²) in [5, 5.41) is 12.7. The molecule has 0 bridgehead atoms. The summed E-state index contributed by atoms with van der Waals surface area (Å²) in [4.78, 5) is 32.1. The first-order chi connectivity index (χ1) is 11.0. The Morgan fingerprint density at radius 2 is 2.00 bits per heavy atom. The summed E-state index contributed by atoms with van der Waals surface area (Å²) in [7, 11) is 0. The van der Waals surface area contributed by atoms with Crippen molar-refractivity contribution < 1.29 is 14.7 Å². The highest BCUT2D eigenvalue weighted by Gasteiger charge is 2.25. The van der Waals surface area contributed by atoms with Gasteiger partial charge in [-0.15, -0.1) is 0 Å². The van der Waals surface area contributed by atoms with Crippen LogP contribution in [0.1, 0.15) is 22.0 Å². The number of carboxylic acid groups (broad SMARTS) is 1. The first-order valence-corrected chi connectivity index (χ1v) is 7.44. The number of nitrogens with two attached hydrogens (primary N) is 1. The molecule has 116 valence electrons. The number of thioether (sulfide) groups is 1. The first-order valence-electron chi connectivity index (χ1n) is 6.63. The number of amides is 1. The molecule has 0 atom stereocenters. The first kappa shape index (κ1) is 15.0. The minimum Gasteiger partial charge on any atom is -0.477 e. The maximum Gasteiger partial charge on any atom is 0.354 e. The van der Waals surface area contributed by atoms with Crippen LogP contribution in [-0.4, -0.2) is 27.0 Å². The van der Waals surface area contributed by atoms with Gasteiger partial charge in [-0.1, -0.05) is 23.9 Å². The van der Waals surface area contributed by atoms with Crippen molar-refractivity contribution in [2.45, 2.75) is 11.8 Å². The predicted molar refractivity (Wildman–Crippen MR) is 85.8 cm³/mol. The molecule has 23 heavy (non-hydrogen) atoms. The Bertz CT molecular complexity index is 837. The van der Waals surface area contributed by atoms with Gasteiger partial charge in [0.1, 0.15) is 5.57 Å². The number of primary amides is 1. The monoisotopic (exact) mass is 328 g/mol. The summed E-state index contributed by atoms with van der Waals surface area (Å²) in [6.07, 6.45) is 0. The standard InChI is InChI=1S/C15H12N4O3S/c1-7-6-9(15(21)22)18-13(17-7)11(12(16)20)14-19-8-4-2-3-5-10(8)23-14/h2-6,19H,1H3,(H2,16,20)(H,21,22)/b14-11-. The number of nitrogens with zero attached hydrogens (tertiary/aromatic N) is 2. The molecule has 2 aromatic rings. The number of carboxylic acids is 1. The van der Waals surface area contributed by atoms with Crippen molar-refractivity contribution in [3.05, 3.63) is 52.6 Å². The third-order valence-electron chi connectivity index (χ3n) is 3.12. The molecule has 2 heterocycles. The normalized spacial score (nSPS) is 14.8. The van der Waals surface area contributed by atoms with Crippen molar-refractivity contribution in [2.24, 2.45) is 5.73 Å². The van der Waals surface area contributed by atoms with Gasteiger partial charge in [0.2, 0.25) is 0 Å². The molecular weight excluding hydrogens is 316 g/mol. The van der Waals surface area contributed by atoms with Crippen LogP contribution >= 0.6 is 11.8 Å². The third-order valence-corrected chi connectivity index (χ3v) is 4.20. The van der Waals surface area contributed by atoms with E-state index in [9.17, 15) is 9.59 Å². The van der Waals surface area contributed by atoms with Gasteiger partial charge in [0, 0.05) is 10.6 Å². The number of para-hydroxylation sites is 1. The zero-order valence-corrected chi connectivity index (χ0v) is 12.8. The molecule has 0 saturated heterocycles. The molecule has 7 nitrogen and oxygen atoms in total. The summed E-state index contributed by atoms with van der Waals surface area (Å²) >= 11 is 1.33. The maximum absolute atomic E-state index is 11.9. The van der Waals surface area contributed by atoms with Crippen molar-refractivity contribution in [3.8, 4) is 0 Å². The highest BCUT2D eigenvalue weighted by molar-refractivity contribution is 8.04. The van der Waals surface area contributed by atoms with E-state index < -0.39 is 11.9 Å². The van der Waals surface area contributed by atoms with E-state index >= 15 is 0 Å². The number of aryl methyl sites for hydroxylation is 1. The molecule has 3 rings (SSSR count). The van der Waals surface area contributed by atoms with Crippen molar-refractivity contribution in [3.63, 3.8) is 0 Å². The van der Waals surface area contributed by atoms with E-state index in [4.69, 9.17) is 10.8 Å². The van der Waals surface area contributed by atoms with Crippen molar-refractivity contribution in [2.75, 3.05) is 5.32 Å². The lowest BCUT2D eigenvalue weighted by atomic mass is 10.2. The molecule has 0 unspecified atom stereocenters. The second-order valence-electron chi connectivity index (χ2n) is 4.81. The lowest BCUT2D eigenvalue weighted by molar-refractivity contribution is -0.112. The summed E-state index contributed by atoms with van der Waals surface area (Å²) < 4.78 is 0.